The Hall–Kier alpha value is -5.10. The van der Waals surface area contributed by atoms with E-state index in [1.54, 1.807) is 37.4 Å². The number of hydrogen-bond acceptors (Lipinski definition) is 10. The van der Waals surface area contributed by atoms with Crippen LogP contribution in [0.1, 0.15) is 66.9 Å². The lowest BCUT2D eigenvalue weighted by molar-refractivity contribution is -0.122. The van der Waals surface area contributed by atoms with E-state index in [0.717, 1.165) is 5.56 Å². The first-order valence-corrected chi connectivity index (χ1v) is 16.1. The minimum Gasteiger partial charge on any atom is -0.493 e. The first kappa shape index (κ1) is 35.7. The Labute approximate surface area is 280 Å². The van der Waals surface area contributed by atoms with Gasteiger partial charge < -0.3 is 40.4 Å². The van der Waals surface area contributed by atoms with Gasteiger partial charge in [0.05, 0.1) is 38.3 Å². The number of rotatable bonds is 17. The number of nitrogens with zero attached hydrogens (tertiary/aromatic N) is 2. The molecule has 0 saturated heterocycles. The second-order valence-electron chi connectivity index (χ2n) is 12.0. The molecule has 1 heterocycles. The Balaban J connectivity index is 1.24. The molecule has 0 bridgehead atoms. The third-order valence-electron chi connectivity index (χ3n) is 7.72. The van der Waals surface area contributed by atoms with Crippen LogP contribution in [0.3, 0.4) is 0 Å². The van der Waals surface area contributed by atoms with Crippen molar-refractivity contribution in [2.45, 2.75) is 65.1 Å². The number of carbonyl (C=O) groups is 3. The van der Waals surface area contributed by atoms with E-state index >= 15 is 0 Å². The van der Waals surface area contributed by atoms with Crippen LogP contribution >= 0.6 is 0 Å². The minimum absolute atomic E-state index is 0.0214. The summed E-state index contributed by atoms with van der Waals surface area (Å²) in [4.78, 5) is 40.2. The molecule has 256 valence electrons. The molecule has 0 aliphatic carbocycles. The SMILES string of the molecule is COc1cc(C(=O)N(C(C)C)C(C)C)ccc1OCCCCOc1cc(N)c2c(C(=O)CNC(=O)C(N)Cc3ccccc3)noc2c1. The van der Waals surface area contributed by atoms with Crippen LogP contribution in [0.25, 0.3) is 11.0 Å². The number of ether oxygens (including phenoxy) is 3. The second kappa shape index (κ2) is 16.6. The highest BCUT2D eigenvalue weighted by Crippen LogP contribution is 2.31. The Morgan fingerprint density at radius 2 is 1.60 bits per heavy atom. The normalized spacial score (nSPS) is 11.8. The van der Waals surface area contributed by atoms with Gasteiger partial charge in [0.15, 0.2) is 22.8 Å². The maximum absolute atomic E-state index is 13.1. The summed E-state index contributed by atoms with van der Waals surface area (Å²) in [5.74, 6) is 0.553. The summed E-state index contributed by atoms with van der Waals surface area (Å²) in [5, 5.41) is 6.83. The van der Waals surface area contributed by atoms with Gasteiger partial charge in [-0.25, -0.2) is 0 Å². The topological polar surface area (TPSA) is 172 Å². The number of amides is 2. The Morgan fingerprint density at radius 1 is 0.917 bits per heavy atom. The quantitative estimate of drug-likeness (QED) is 0.0813. The maximum Gasteiger partial charge on any atom is 0.254 e. The van der Waals surface area contributed by atoms with Gasteiger partial charge in [-0.2, -0.15) is 0 Å². The summed E-state index contributed by atoms with van der Waals surface area (Å²) >= 11 is 0. The number of Topliss-reactive ketones (excluding diaryl/α,β-unsaturated/α-hetero) is 1. The van der Waals surface area contributed by atoms with E-state index in [2.05, 4.69) is 10.5 Å². The van der Waals surface area contributed by atoms with E-state index in [-0.39, 0.29) is 35.9 Å². The van der Waals surface area contributed by atoms with Crippen LogP contribution in [-0.4, -0.2) is 72.6 Å². The average molecular weight is 660 g/mol. The van der Waals surface area contributed by atoms with E-state index in [1.807, 2.05) is 62.9 Å². The zero-order chi connectivity index (χ0) is 34.8. The number of nitrogens with one attached hydrogen (secondary N) is 1. The molecule has 3 aromatic carbocycles. The van der Waals surface area contributed by atoms with Gasteiger partial charge >= 0.3 is 0 Å². The number of ketones is 1. The Kier molecular flexibility index (Phi) is 12.4. The first-order valence-electron chi connectivity index (χ1n) is 16.1. The molecule has 4 aromatic rings. The van der Waals surface area contributed by atoms with Gasteiger partial charge in [-0.3, -0.25) is 14.4 Å². The number of benzene rings is 3. The van der Waals surface area contributed by atoms with Crippen LogP contribution < -0.4 is 31.0 Å². The summed E-state index contributed by atoms with van der Waals surface area (Å²) in [5.41, 5.74) is 14.3. The van der Waals surface area contributed by atoms with E-state index in [9.17, 15) is 14.4 Å². The predicted molar refractivity (Wildman–Crippen MR) is 184 cm³/mol. The molecule has 4 rings (SSSR count). The predicted octanol–water partition coefficient (Wildman–Crippen LogP) is 4.78. The van der Waals surface area contributed by atoms with Gasteiger partial charge in [0.25, 0.3) is 5.91 Å². The van der Waals surface area contributed by atoms with Gasteiger partial charge in [-0.15, -0.1) is 0 Å². The van der Waals surface area contributed by atoms with Crippen LogP contribution in [0.4, 0.5) is 5.69 Å². The number of carbonyl (C=O) groups excluding carboxylic acids is 3. The standard InChI is InChI=1S/C36H45N5O7/c1-22(2)41(23(3)4)36(44)25-13-14-30(31(18-25)45-5)47-16-10-9-15-46-26-19-27(37)33-32(20-26)48-40-34(33)29(42)21-39-35(43)28(38)17-24-11-7-6-8-12-24/h6-8,11-14,18-20,22-23,28H,9-10,15-17,21,37-38H2,1-5H3,(H,39,43). The van der Waals surface area contributed by atoms with Crippen LogP contribution in [0.5, 0.6) is 17.2 Å². The largest absolute Gasteiger partial charge is 0.493 e. The molecule has 0 aliphatic rings. The lowest BCUT2D eigenvalue weighted by atomic mass is 10.1. The number of nitrogen functional groups attached to an aromatic ring is 1. The Morgan fingerprint density at radius 3 is 2.27 bits per heavy atom. The third kappa shape index (κ3) is 9.03. The van der Waals surface area contributed by atoms with Crippen LogP contribution in [0.15, 0.2) is 65.2 Å². The van der Waals surface area contributed by atoms with Crippen LogP contribution in [-0.2, 0) is 11.2 Å². The maximum atomic E-state index is 13.1. The van der Waals surface area contributed by atoms with Crippen molar-refractivity contribution >= 4 is 34.3 Å². The molecular weight excluding hydrogens is 614 g/mol. The summed E-state index contributed by atoms with van der Waals surface area (Å²) in [6.07, 6.45) is 1.72. The van der Waals surface area contributed by atoms with Gasteiger partial charge in [-0.1, -0.05) is 35.5 Å². The Bertz CT molecular complexity index is 1700. The summed E-state index contributed by atoms with van der Waals surface area (Å²) in [6.45, 7) is 8.47. The lowest BCUT2D eigenvalue weighted by Crippen LogP contribution is -2.43. The van der Waals surface area contributed by atoms with Gasteiger partial charge in [-0.05, 0) is 70.7 Å². The monoisotopic (exact) mass is 659 g/mol. The molecule has 5 N–H and O–H groups in total. The van der Waals surface area contributed by atoms with Crippen molar-refractivity contribution in [3.05, 3.63) is 77.5 Å². The number of unbranched alkanes of at least 4 members (excludes halogenated alkanes) is 1. The van der Waals surface area contributed by atoms with Crippen LogP contribution in [0.2, 0.25) is 0 Å². The fraction of sp³-hybridized carbons (Fsp3) is 0.389. The molecule has 0 saturated carbocycles. The number of methoxy groups -OCH3 is 1. The number of aromatic nitrogens is 1. The molecule has 1 aromatic heterocycles. The molecule has 1 atom stereocenters. The second-order valence-corrected chi connectivity index (χ2v) is 12.0. The molecule has 12 heteroatoms. The molecule has 0 radical (unpaired) electrons. The van der Waals surface area contributed by atoms with Crippen LogP contribution in [0, 0.1) is 0 Å². The minimum atomic E-state index is -0.803. The highest BCUT2D eigenvalue weighted by molar-refractivity contribution is 6.11. The molecular formula is C36H45N5O7. The molecule has 48 heavy (non-hydrogen) atoms. The van der Waals surface area contributed by atoms with E-state index < -0.39 is 17.7 Å². The number of nitrogens with two attached hydrogens (primary N) is 2. The number of anilines is 1. The lowest BCUT2D eigenvalue weighted by Gasteiger charge is -2.31. The highest BCUT2D eigenvalue weighted by Gasteiger charge is 2.24. The molecule has 1 unspecified atom stereocenters. The number of hydrogen-bond donors (Lipinski definition) is 3. The fourth-order valence-corrected chi connectivity index (χ4v) is 5.40. The fourth-order valence-electron chi connectivity index (χ4n) is 5.40. The van der Waals surface area contributed by atoms with Crippen molar-refractivity contribution < 1.29 is 33.1 Å². The zero-order valence-corrected chi connectivity index (χ0v) is 28.2. The van der Waals surface area contributed by atoms with Crippen molar-refractivity contribution in [2.24, 2.45) is 5.73 Å². The average Bonchev–Trinajstić information content (AvgIpc) is 3.50. The van der Waals surface area contributed by atoms with E-state index in [4.69, 9.17) is 30.2 Å². The summed E-state index contributed by atoms with van der Waals surface area (Å²) < 4.78 is 22.7. The van der Waals surface area contributed by atoms with Crippen molar-refractivity contribution in [3.63, 3.8) is 0 Å². The summed E-state index contributed by atoms with van der Waals surface area (Å²) in [6, 6.07) is 17.2. The van der Waals surface area contributed by atoms with Crippen molar-refractivity contribution in [1.29, 1.82) is 0 Å². The smallest absolute Gasteiger partial charge is 0.254 e. The summed E-state index contributed by atoms with van der Waals surface area (Å²) in [7, 11) is 1.55. The highest BCUT2D eigenvalue weighted by atomic mass is 16.5. The van der Waals surface area contributed by atoms with Crippen molar-refractivity contribution in [2.75, 3.05) is 32.6 Å². The van der Waals surface area contributed by atoms with Crippen molar-refractivity contribution in [1.82, 2.24) is 15.4 Å². The van der Waals surface area contributed by atoms with Gasteiger partial charge in [0, 0.05) is 35.5 Å². The molecule has 12 nitrogen and oxygen atoms in total. The molecule has 0 fully saturated rings. The molecule has 0 aliphatic heterocycles. The van der Waals surface area contributed by atoms with E-state index in [0.29, 0.717) is 66.3 Å². The van der Waals surface area contributed by atoms with E-state index in [1.165, 1.54) is 0 Å². The number of fused-ring (bicyclic) bond motifs is 1. The van der Waals surface area contributed by atoms with Crippen molar-refractivity contribution in [3.8, 4) is 17.2 Å². The molecule has 0 spiro atoms. The third-order valence-corrected chi connectivity index (χ3v) is 7.72. The molecule has 2 amide bonds. The zero-order valence-electron chi connectivity index (χ0n) is 28.2. The van der Waals surface area contributed by atoms with Gasteiger partial charge in [0.1, 0.15) is 5.75 Å². The first-order chi connectivity index (χ1) is 23.0. The van der Waals surface area contributed by atoms with Gasteiger partial charge in [0.2, 0.25) is 11.7 Å².